The molecule has 1 aliphatic heterocycles. The van der Waals surface area contributed by atoms with Crippen molar-refractivity contribution in [3.05, 3.63) is 51.7 Å². The number of halogens is 1. The van der Waals surface area contributed by atoms with Crippen molar-refractivity contribution in [3.8, 4) is 0 Å². The van der Waals surface area contributed by atoms with Crippen molar-refractivity contribution < 1.29 is 0 Å². The zero-order chi connectivity index (χ0) is 13.2. The highest BCUT2D eigenvalue weighted by molar-refractivity contribution is 6.29. The van der Waals surface area contributed by atoms with Crippen molar-refractivity contribution in [2.45, 2.75) is 19.5 Å². The van der Waals surface area contributed by atoms with Gasteiger partial charge in [0, 0.05) is 38.1 Å². The summed E-state index contributed by atoms with van der Waals surface area (Å²) in [5.74, 6) is 0.730. The Kier molecular flexibility index (Phi) is 3.21. The number of aryl methyl sites for hydroxylation is 1. The van der Waals surface area contributed by atoms with Crippen LogP contribution in [-0.2, 0) is 13.1 Å². The largest absolute Gasteiger partial charge is 0.338 e. The first-order valence-electron chi connectivity index (χ1n) is 6.15. The second-order valence-corrected chi connectivity index (χ2v) is 4.91. The van der Waals surface area contributed by atoms with Gasteiger partial charge in [0.05, 0.1) is 0 Å². The molecule has 19 heavy (non-hydrogen) atoms. The third-order valence-corrected chi connectivity index (χ3v) is 3.36. The van der Waals surface area contributed by atoms with Crippen molar-refractivity contribution >= 4 is 17.5 Å². The average molecular weight is 277 g/mol. The minimum atomic E-state index is -0.201. The van der Waals surface area contributed by atoms with Crippen LogP contribution in [0.2, 0.25) is 5.15 Å². The number of anilines is 1. The molecule has 0 aromatic carbocycles. The predicted octanol–water partition coefficient (Wildman–Crippen LogP) is 1.70. The van der Waals surface area contributed by atoms with E-state index >= 15 is 0 Å². The fourth-order valence-electron chi connectivity index (χ4n) is 2.25. The summed E-state index contributed by atoms with van der Waals surface area (Å²) in [6, 6.07) is 5.21. The molecule has 1 aliphatic rings. The van der Waals surface area contributed by atoms with Gasteiger partial charge in [-0.25, -0.2) is 4.98 Å². The number of pyridine rings is 1. The summed E-state index contributed by atoms with van der Waals surface area (Å²) in [6.07, 6.45) is 4.60. The number of nitrogens with zero attached hydrogens (tertiary/aromatic N) is 4. The third-order valence-electron chi connectivity index (χ3n) is 3.14. The predicted molar refractivity (Wildman–Crippen MR) is 73.4 cm³/mol. The molecular formula is C13H13ClN4O. The van der Waals surface area contributed by atoms with Crippen molar-refractivity contribution in [1.82, 2.24) is 14.5 Å². The molecule has 6 heteroatoms. The lowest BCUT2D eigenvalue weighted by atomic mass is 10.2. The molecule has 5 nitrogen and oxygen atoms in total. The maximum Gasteiger partial charge on any atom is 0.274 e. The molecule has 0 unspecified atom stereocenters. The van der Waals surface area contributed by atoms with Gasteiger partial charge in [-0.3, -0.25) is 4.79 Å². The monoisotopic (exact) mass is 276 g/mol. The Morgan fingerprint density at radius 1 is 1.26 bits per heavy atom. The van der Waals surface area contributed by atoms with Crippen LogP contribution < -0.4 is 10.5 Å². The molecule has 2 aromatic rings. The van der Waals surface area contributed by atoms with Gasteiger partial charge >= 0.3 is 0 Å². The number of hydrogen-bond acceptors (Lipinski definition) is 4. The Balaban J connectivity index is 1.89. The highest BCUT2D eigenvalue weighted by atomic mass is 35.5. The van der Waals surface area contributed by atoms with Crippen molar-refractivity contribution in [1.29, 1.82) is 0 Å². The van der Waals surface area contributed by atoms with E-state index in [9.17, 15) is 4.79 Å². The maximum atomic E-state index is 11.4. The van der Waals surface area contributed by atoms with Crippen molar-refractivity contribution in [2.75, 3.05) is 11.4 Å². The Bertz CT molecular complexity index is 638. The van der Waals surface area contributed by atoms with Crippen LogP contribution in [0.25, 0.3) is 0 Å². The van der Waals surface area contributed by atoms with E-state index in [-0.39, 0.29) is 5.56 Å². The number of hydrogen-bond donors (Lipinski definition) is 0. The van der Waals surface area contributed by atoms with Crippen LogP contribution in [-0.4, -0.2) is 21.1 Å². The minimum absolute atomic E-state index is 0.201. The van der Waals surface area contributed by atoms with Gasteiger partial charge < -0.3 is 9.47 Å². The van der Waals surface area contributed by atoms with Crippen molar-refractivity contribution in [2.24, 2.45) is 0 Å². The molecule has 0 saturated carbocycles. The molecule has 0 fully saturated rings. The quantitative estimate of drug-likeness (QED) is 0.784. The molecule has 2 aromatic heterocycles. The van der Waals surface area contributed by atoms with E-state index in [1.165, 1.54) is 6.07 Å². The Morgan fingerprint density at radius 3 is 2.95 bits per heavy atom. The molecule has 0 spiro atoms. The van der Waals surface area contributed by atoms with E-state index in [1.54, 1.807) is 18.5 Å². The molecule has 3 heterocycles. The van der Waals surface area contributed by atoms with Gasteiger partial charge in [0.2, 0.25) is 5.95 Å². The lowest BCUT2D eigenvalue weighted by Gasteiger charge is -2.30. The summed E-state index contributed by atoms with van der Waals surface area (Å²) in [5.41, 5.74) is 0.850. The SMILES string of the molecule is O=c1ccn2c(n1)N(Cc1ccc(Cl)nc1)CCC2. The van der Waals surface area contributed by atoms with E-state index in [4.69, 9.17) is 11.6 Å². The fourth-order valence-corrected chi connectivity index (χ4v) is 2.36. The van der Waals surface area contributed by atoms with E-state index in [2.05, 4.69) is 14.9 Å². The van der Waals surface area contributed by atoms with Gasteiger partial charge in [-0.15, -0.1) is 0 Å². The maximum absolute atomic E-state index is 11.4. The summed E-state index contributed by atoms with van der Waals surface area (Å²) in [5, 5.41) is 0.483. The number of rotatable bonds is 2. The van der Waals surface area contributed by atoms with Gasteiger partial charge in [-0.05, 0) is 18.1 Å². The van der Waals surface area contributed by atoms with Crippen LogP contribution in [0.1, 0.15) is 12.0 Å². The highest BCUT2D eigenvalue weighted by Crippen LogP contribution is 2.19. The first-order valence-corrected chi connectivity index (χ1v) is 6.53. The molecule has 0 N–H and O–H groups in total. The third kappa shape index (κ3) is 2.61. The summed E-state index contributed by atoms with van der Waals surface area (Å²) in [4.78, 5) is 21.7. The summed E-state index contributed by atoms with van der Waals surface area (Å²) in [6.45, 7) is 2.47. The van der Waals surface area contributed by atoms with E-state index in [0.29, 0.717) is 11.7 Å². The second-order valence-electron chi connectivity index (χ2n) is 4.52. The highest BCUT2D eigenvalue weighted by Gasteiger charge is 2.17. The second kappa shape index (κ2) is 5.01. The minimum Gasteiger partial charge on any atom is -0.338 e. The van der Waals surface area contributed by atoms with Crippen LogP contribution in [0.3, 0.4) is 0 Å². The molecular weight excluding hydrogens is 264 g/mol. The molecule has 98 valence electrons. The molecule has 0 radical (unpaired) electrons. The number of fused-ring (bicyclic) bond motifs is 1. The average Bonchev–Trinajstić information content (AvgIpc) is 2.42. The van der Waals surface area contributed by atoms with Crippen LogP contribution in [0, 0.1) is 0 Å². The summed E-state index contributed by atoms with van der Waals surface area (Å²) >= 11 is 5.77. The van der Waals surface area contributed by atoms with Gasteiger partial charge in [0.25, 0.3) is 5.56 Å². The van der Waals surface area contributed by atoms with Gasteiger partial charge in [-0.2, -0.15) is 4.98 Å². The zero-order valence-corrected chi connectivity index (χ0v) is 11.0. The smallest absolute Gasteiger partial charge is 0.274 e. The van der Waals surface area contributed by atoms with Crippen LogP contribution in [0.4, 0.5) is 5.95 Å². The first-order chi connectivity index (χ1) is 9.22. The van der Waals surface area contributed by atoms with Crippen LogP contribution >= 0.6 is 11.6 Å². The molecule has 0 amide bonds. The molecule has 3 rings (SSSR count). The fraction of sp³-hybridized carbons (Fsp3) is 0.308. The summed E-state index contributed by atoms with van der Waals surface area (Å²) in [7, 11) is 0. The Labute approximate surface area is 115 Å². The normalized spacial score (nSPS) is 14.3. The van der Waals surface area contributed by atoms with Crippen LogP contribution in [0.15, 0.2) is 35.4 Å². The zero-order valence-electron chi connectivity index (χ0n) is 10.3. The van der Waals surface area contributed by atoms with Crippen LogP contribution in [0.5, 0.6) is 0 Å². The molecule has 0 bridgehead atoms. The lowest BCUT2D eigenvalue weighted by Crippen LogP contribution is -2.35. The van der Waals surface area contributed by atoms with E-state index in [0.717, 1.165) is 31.0 Å². The topological polar surface area (TPSA) is 51.0 Å². The number of aromatic nitrogens is 3. The van der Waals surface area contributed by atoms with Gasteiger partial charge in [0.15, 0.2) is 0 Å². The summed E-state index contributed by atoms with van der Waals surface area (Å²) < 4.78 is 2.01. The molecule has 0 aliphatic carbocycles. The standard InChI is InChI=1S/C13H13ClN4O/c14-11-3-2-10(8-15-11)9-18-6-1-5-17-7-4-12(19)16-13(17)18/h2-4,7-8H,1,5-6,9H2. The molecule has 0 saturated heterocycles. The Morgan fingerprint density at radius 2 is 2.16 bits per heavy atom. The first kappa shape index (κ1) is 12.2. The Hall–Kier alpha value is -1.88. The van der Waals surface area contributed by atoms with Gasteiger partial charge in [0.1, 0.15) is 5.15 Å². The van der Waals surface area contributed by atoms with Crippen molar-refractivity contribution in [3.63, 3.8) is 0 Å². The van der Waals surface area contributed by atoms with Gasteiger partial charge in [-0.1, -0.05) is 17.7 Å². The van der Waals surface area contributed by atoms with E-state index < -0.39 is 0 Å². The molecule has 0 atom stereocenters. The van der Waals surface area contributed by atoms with E-state index in [1.807, 2.05) is 10.6 Å². The lowest BCUT2D eigenvalue weighted by molar-refractivity contribution is 0.539.